The predicted octanol–water partition coefficient (Wildman–Crippen LogP) is 3.42. The summed E-state index contributed by atoms with van der Waals surface area (Å²) in [6.45, 7) is 4.47. The second-order valence-electron chi connectivity index (χ2n) is 6.98. The summed E-state index contributed by atoms with van der Waals surface area (Å²) in [6, 6.07) is 10.0. The number of aromatic nitrogens is 5. The van der Waals surface area contributed by atoms with Gasteiger partial charge in [0.1, 0.15) is 0 Å². The topological polar surface area (TPSA) is 81.7 Å². The number of hydrogen-bond donors (Lipinski definition) is 1. The zero-order chi connectivity index (χ0) is 18.9. The first-order valence-corrected chi connectivity index (χ1v) is 9.37. The molecule has 5 rings (SSSR count). The maximum absolute atomic E-state index is 5.61. The van der Waals surface area contributed by atoms with Crippen LogP contribution in [0.4, 0.5) is 0 Å². The van der Waals surface area contributed by atoms with Crippen molar-refractivity contribution in [3.63, 3.8) is 0 Å². The van der Waals surface area contributed by atoms with Gasteiger partial charge in [0.05, 0.1) is 6.54 Å². The zero-order valence-electron chi connectivity index (χ0n) is 16.0. The fourth-order valence-corrected chi connectivity index (χ4v) is 3.69. The van der Waals surface area contributed by atoms with Crippen molar-refractivity contribution in [2.45, 2.75) is 26.4 Å². The van der Waals surface area contributed by atoms with Crippen molar-refractivity contribution in [2.75, 3.05) is 6.54 Å². The Morgan fingerprint density at radius 3 is 3.03 bits per heavy atom. The molecule has 1 aliphatic rings. The third-order valence-electron chi connectivity index (χ3n) is 5.06. The standard InChI is InChI=1S/C21H20N6O.ClH/c1-14-19(18-6-8-22-11-17(18)12-23-14)20-25-21(28-26-20)16-5-2-4-15(10-16)13-27-9-3-7-24-27;/h2-5,7,9-10,12,22H,6,8,11,13H2,1H3;1H. The highest BCUT2D eigenvalue weighted by atomic mass is 35.5. The van der Waals surface area contributed by atoms with Crippen LogP contribution in [-0.2, 0) is 19.5 Å². The molecule has 1 aliphatic heterocycles. The van der Waals surface area contributed by atoms with Gasteiger partial charge in [-0.2, -0.15) is 10.1 Å². The molecule has 0 fully saturated rings. The molecule has 0 amide bonds. The quantitative estimate of drug-likeness (QED) is 0.557. The van der Waals surface area contributed by atoms with Crippen molar-refractivity contribution in [2.24, 2.45) is 0 Å². The molecule has 4 heterocycles. The second-order valence-corrected chi connectivity index (χ2v) is 6.98. The number of aryl methyl sites for hydroxylation is 1. The lowest BCUT2D eigenvalue weighted by Crippen LogP contribution is -2.24. The molecule has 7 nitrogen and oxygen atoms in total. The summed E-state index contributed by atoms with van der Waals surface area (Å²) in [4.78, 5) is 9.23. The highest BCUT2D eigenvalue weighted by Gasteiger charge is 2.21. The normalized spacial score (nSPS) is 13.0. The Bertz CT molecular complexity index is 1120. The van der Waals surface area contributed by atoms with E-state index in [2.05, 4.69) is 32.7 Å². The van der Waals surface area contributed by atoms with Gasteiger partial charge in [-0.25, -0.2) is 0 Å². The summed E-state index contributed by atoms with van der Waals surface area (Å²) < 4.78 is 7.50. The molecule has 148 valence electrons. The molecule has 1 N–H and O–H groups in total. The Balaban J connectivity index is 0.00000205. The van der Waals surface area contributed by atoms with Crippen LogP contribution in [-0.4, -0.2) is 31.4 Å². The summed E-state index contributed by atoms with van der Waals surface area (Å²) in [6.07, 6.45) is 6.61. The van der Waals surface area contributed by atoms with Gasteiger partial charge >= 0.3 is 0 Å². The molecule has 0 radical (unpaired) electrons. The molecule has 8 heteroatoms. The first kappa shape index (κ1) is 19.3. The van der Waals surface area contributed by atoms with E-state index in [-0.39, 0.29) is 12.4 Å². The van der Waals surface area contributed by atoms with Crippen molar-refractivity contribution < 1.29 is 4.52 Å². The van der Waals surface area contributed by atoms with E-state index in [1.165, 1.54) is 11.1 Å². The molecular formula is C21H21ClN6O. The first-order chi connectivity index (χ1) is 13.8. The minimum atomic E-state index is 0. The number of nitrogens with zero attached hydrogens (tertiary/aromatic N) is 5. The fraction of sp³-hybridized carbons (Fsp3) is 0.238. The van der Waals surface area contributed by atoms with Gasteiger partial charge in [0.25, 0.3) is 5.89 Å². The van der Waals surface area contributed by atoms with Crippen LogP contribution in [0, 0.1) is 6.92 Å². The van der Waals surface area contributed by atoms with Crippen molar-refractivity contribution in [1.29, 1.82) is 0 Å². The largest absolute Gasteiger partial charge is 0.334 e. The van der Waals surface area contributed by atoms with Crippen LogP contribution in [0.25, 0.3) is 22.8 Å². The van der Waals surface area contributed by atoms with Crippen LogP contribution in [0.3, 0.4) is 0 Å². The average molecular weight is 409 g/mol. The van der Waals surface area contributed by atoms with E-state index >= 15 is 0 Å². The third kappa shape index (κ3) is 3.79. The van der Waals surface area contributed by atoms with Gasteiger partial charge in [0.15, 0.2) is 0 Å². The number of fused-ring (bicyclic) bond motifs is 1. The monoisotopic (exact) mass is 408 g/mol. The smallest absolute Gasteiger partial charge is 0.258 e. The highest BCUT2D eigenvalue weighted by molar-refractivity contribution is 5.85. The number of benzene rings is 1. The molecule has 0 unspecified atom stereocenters. The third-order valence-corrected chi connectivity index (χ3v) is 5.06. The lowest BCUT2D eigenvalue weighted by Gasteiger charge is -2.19. The van der Waals surface area contributed by atoms with E-state index < -0.39 is 0 Å². The van der Waals surface area contributed by atoms with E-state index in [0.717, 1.165) is 41.9 Å². The molecule has 0 saturated carbocycles. The van der Waals surface area contributed by atoms with Crippen LogP contribution in [0.5, 0.6) is 0 Å². The van der Waals surface area contributed by atoms with E-state index in [1.54, 1.807) is 6.20 Å². The Hall–Kier alpha value is -3.03. The van der Waals surface area contributed by atoms with Gasteiger partial charge in [-0.15, -0.1) is 12.4 Å². The number of rotatable bonds is 4. The second kappa shape index (κ2) is 8.14. The SMILES string of the molecule is Cc1ncc2c(c1-c1noc(-c3cccc(Cn4cccn4)c3)n1)CCNC2.Cl. The lowest BCUT2D eigenvalue weighted by molar-refractivity contribution is 0.432. The summed E-state index contributed by atoms with van der Waals surface area (Å²) in [5, 5.41) is 11.9. The minimum absolute atomic E-state index is 0. The maximum atomic E-state index is 5.61. The zero-order valence-corrected chi connectivity index (χ0v) is 16.8. The molecule has 29 heavy (non-hydrogen) atoms. The fourth-order valence-electron chi connectivity index (χ4n) is 3.69. The summed E-state index contributed by atoms with van der Waals surface area (Å²) >= 11 is 0. The van der Waals surface area contributed by atoms with E-state index in [9.17, 15) is 0 Å². The van der Waals surface area contributed by atoms with Gasteiger partial charge < -0.3 is 9.84 Å². The average Bonchev–Trinajstić information content (AvgIpc) is 3.40. The van der Waals surface area contributed by atoms with Gasteiger partial charge in [-0.1, -0.05) is 17.3 Å². The van der Waals surface area contributed by atoms with Crippen molar-refractivity contribution in [1.82, 2.24) is 30.2 Å². The van der Waals surface area contributed by atoms with Gasteiger partial charge in [0.2, 0.25) is 5.82 Å². The van der Waals surface area contributed by atoms with Crippen LogP contribution >= 0.6 is 12.4 Å². The van der Waals surface area contributed by atoms with Crippen LogP contribution in [0.1, 0.15) is 22.4 Å². The van der Waals surface area contributed by atoms with Crippen molar-refractivity contribution >= 4 is 12.4 Å². The Morgan fingerprint density at radius 2 is 2.17 bits per heavy atom. The maximum Gasteiger partial charge on any atom is 0.258 e. The lowest BCUT2D eigenvalue weighted by atomic mass is 9.95. The minimum Gasteiger partial charge on any atom is -0.334 e. The molecule has 0 bridgehead atoms. The molecule has 0 aliphatic carbocycles. The van der Waals surface area contributed by atoms with E-state index in [4.69, 9.17) is 9.51 Å². The Labute approximate surface area is 174 Å². The van der Waals surface area contributed by atoms with Crippen LogP contribution < -0.4 is 5.32 Å². The van der Waals surface area contributed by atoms with Crippen LogP contribution in [0.15, 0.2) is 53.4 Å². The molecule has 4 aromatic rings. The van der Waals surface area contributed by atoms with E-state index in [1.807, 2.05) is 42.2 Å². The van der Waals surface area contributed by atoms with Crippen molar-refractivity contribution in [3.05, 3.63) is 71.3 Å². The molecule has 0 spiro atoms. The van der Waals surface area contributed by atoms with Gasteiger partial charge in [0, 0.05) is 42.0 Å². The first-order valence-electron chi connectivity index (χ1n) is 9.37. The summed E-state index contributed by atoms with van der Waals surface area (Å²) in [7, 11) is 0. The van der Waals surface area contributed by atoms with Crippen LogP contribution in [0.2, 0.25) is 0 Å². The summed E-state index contributed by atoms with van der Waals surface area (Å²) in [5.41, 5.74) is 6.44. The highest BCUT2D eigenvalue weighted by Crippen LogP contribution is 2.30. The summed E-state index contributed by atoms with van der Waals surface area (Å²) in [5.74, 6) is 1.12. The van der Waals surface area contributed by atoms with Gasteiger partial charge in [-0.05, 0) is 54.8 Å². The predicted molar refractivity (Wildman–Crippen MR) is 112 cm³/mol. The molecule has 0 saturated heterocycles. The molecular weight excluding hydrogens is 388 g/mol. The number of hydrogen-bond acceptors (Lipinski definition) is 6. The van der Waals surface area contributed by atoms with Crippen molar-refractivity contribution in [3.8, 4) is 22.8 Å². The number of nitrogens with one attached hydrogen (secondary N) is 1. The molecule has 0 atom stereocenters. The van der Waals surface area contributed by atoms with Gasteiger partial charge in [-0.3, -0.25) is 9.67 Å². The number of pyridine rings is 1. The van der Waals surface area contributed by atoms with E-state index in [0.29, 0.717) is 18.3 Å². The Kier molecular flexibility index (Phi) is 5.42. The molecule has 1 aromatic carbocycles. The molecule has 3 aromatic heterocycles. The Morgan fingerprint density at radius 1 is 1.24 bits per heavy atom. The number of halogens is 1.